The van der Waals surface area contributed by atoms with Crippen LogP contribution in [0.1, 0.15) is 11.1 Å². The molecule has 1 aliphatic heterocycles. The van der Waals surface area contributed by atoms with E-state index in [1.54, 1.807) is 42.5 Å². The third-order valence-electron chi connectivity index (χ3n) is 5.94. The predicted molar refractivity (Wildman–Crippen MR) is 132 cm³/mol. The monoisotopic (exact) mass is 472 g/mol. The number of nitrogens with one attached hydrogen (secondary N) is 1. The van der Waals surface area contributed by atoms with Crippen LogP contribution in [0.3, 0.4) is 0 Å². The Kier molecular flexibility index (Phi) is 5.71. The maximum Gasteiger partial charge on any atom is 0.264 e. The van der Waals surface area contributed by atoms with Crippen LogP contribution < -0.4 is 14.4 Å². The summed E-state index contributed by atoms with van der Waals surface area (Å²) in [4.78, 5) is 13.3. The number of aryl methyl sites for hydroxylation is 1. The first-order valence-corrected chi connectivity index (χ1v) is 12.5. The van der Waals surface area contributed by atoms with E-state index in [1.807, 2.05) is 55.5 Å². The molecule has 0 aliphatic carbocycles. The molecular weight excluding hydrogens is 448 g/mol. The van der Waals surface area contributed by atoms with E-state index in [0.717, 1.165) is 21.9 Å². The highest BCUT2D eigenvalue weighted by Crippen LogP contribution is 2.37. The summed E-state index contributed by atoms with van der Waals surface area (Å²) in [5, 5.41) is 5.08. The maximum atomic E-state index is 13.5. The number of anilines is 1. The number of sulfonamides is 1. The number of nitrogens with zero attached hydrogens (tertiary/aromatic N) is 1. The normalized spacial score (nSPS) is 15.4. The molecule has 1 atom stereocenters. The Hall–Kier alpha value is -3.84. The minimum atomic E-state index is -3.88. The van der Waals surface area contributed by atoms with E-state index in [2.05, 4.69) is 5.32 Å². The average molecular weight is 473 g/mol. The number of carbonyl (C=O) groups excluding carboxylic acids is 1. The van der Waals surface area contributed by atoms with Gasteiger partial charge in [0, 0.05) is 6.54 Å². The Labute approximate surface area is 198 Å². The van der Waals surface area contributed by atoms with Crippen molar-refractivity contribution in [1.82, 2.24) is 5.32 Å². The number of fused-ring (bicyclic) bond motifs is 2. The van der Waals surface area contributed by atoms with Crippen LogP contribution in [-0.2, 0) is 21.4 Å². The number of hydrogen-bond acceptors (Lipinski definition) is 4. The van der Waals surface area contributed by atoms with E-state index in [4.69, 9.17) is 4.74 Å². The zero-order chi connectivity index (χ0) is 23.7. The second-order valence-corrected chi connectivity index (χ2v) is 10.1. The van der Waals surface area contributed by atoms with Crippen LogP contribution in [0.15, 0.2) is 95.9 Å². The Balaban J connectivity index is 1.42. The van der Waals surface area contributed by atoms with Gasteiger partial charge in [-0.1, -0.05) is 66.7 Å². The molecule has 7 heteroatoms. The lowest BCUT2D eigenvalue weighted by molar-refractivity contribution is -0.127. The smallest absolute Gasteiger partial charge is 0.264 e. The SMILES string of the molecule is Cc1ccc2c(c1)N(S(=O)(=O)c1ccccc1)CC(C(=O)NCc1cccc3ccccc13)O2. The summed E-state index contributed by atoms with van der Waals surface area (Å²) in [5.41, 5.74) is 2.31. The Morgan fingerprint density at radius 1 is 0.971 bits per heavy atom. The molecule has 0 saturated carbocycles. The summed E-state index contributed by atoms with van der Waals surface area (Å²) in [5.74, 6) is -0.00547. The van der Waals surface area contributed by atoms with Crippen molar-refractivity contribution in [3.05, 3.63) is 102 Å². The van der Waals surface area contributed by atoms with Crippen LogP contribution in [-0.4, -0.2) is 27.0 Å². The first-order valence-electron chi connectivity index (χ1n) is 11.0. The fourth-order valence-corrected chi connectivity index (χ4v) is 5.68. The fourth-order valence-electron chi connectivity index (χ4n) is 4.19. The van der Waals surface area contributed by atoms with Crippen molar-refractivity contribution in [2.75, 3.05) is 10.8 Å². The third kappa shape index (κ3) is 4.10. The van der Waals surface area contributed by atoms with Crippen molar-refractivity contribution < 1.29 is 17.9 Å². The van der Waals surface area contributed by atoms with Crippen LogP contribution in [0, 0.1) is 6.92 Å². The lowest BCUT2D eigenvalue weighted by atomic mass is 10.0. The topological polar surface area (TPSA) is 75.7 Å². The van der Waals surface area contributed by atoms with Crippen LogP contribution in [0.25, 0.3) is 10.8 Å². The second kappa shape index (κ2) is 8.83. The van der Waals surface area contributed by atoms with Gasteiger partial charge in [-0.2, -0.15) is 0 Å². The van der Waals surface area contributed by atoms with Gasteiger partial charge in [-0.05, 0) is 53.1 Å². The average Bonchev–Trinajstić information content (AvgIpc) is 2.87. The quantitative estimate of drug-likeness (QED) is 0.467. The lowest BCUT2D eigenvalue weighted by Gasteiger charge is -2.35. The van der Waals surface area contributed by atoms with Crippen molar-refractivity contribution >= 4 is 32.4 Å². The first kappa shape index (κ1) is 22.0. The molecule has 0 bridgehead atoms. The highest BCUT2D eigenvalue weighted by Gasteiger charge is 2.37. The molecule has 5 rings (SSSR count). The van der Waals surface area contributed by atoms with E-state index in [1.165, 1.54) is 4.31 Å². The van der Waals surface area contributed by atoms with Gasteiger partial charge in [-0.25, -0.2) is 8.42 Å². The van der Waals surface area contributed by atoms with Gasteiger partial charge in [-0.15, -0.1) is 0 Å². The molecule has 0 radical (unpaired) electrons. The molecule has 1 heterocycles. The van der Waals surface area contributed by atoms with Gasteiger partial charge in [0.2, 0.25) is 0 Å². The van der Waals surface area contributed by atoms with Gasteiger partial charge in [0.25, 0.3) is 15.9 Å². The molecule has 1 amide bonds. The molecule has 172 valence electrons. The standard InChI is InChI=1S/C27H24N2O4S/c1-19-14-15-25-24(16-19)29(34(31,32)22-11-3-2-4-12-22)18-26(33-25)27(30)28-17-21-10-7-9-20-8-5-6-13-23(20)21/h2-16,26H,17-18H2,1H3,(H,28,30). The lowest BCUT2D eigenvalue weighted by Crippen LogP contribution is -2.50. The molecule has 34 heavy (non-hydrogen) atoms. The van der Waals surface area contributed by atoms with Gasteiger partial charge in [0.1, 0.15) is 5.75 Å². The number of benzene rings is 4. The summed E-state index contributed by atoms with van der Waals surface area (Å²) in [6.07, 6.45) is -0.983. The number of amides is 1. The number of rotatable bonds is 5. The van der Waals surface area contributed by atoms with Crippen LogP contribution in [0.4, 0.5) is 5.69 Å². The van der Waals surface area contributed by atoms with Gasteiger partial charge < -0.3 is 10.1 Å². The molecule has 4 aromatic carbocycles. The number of ether oxygens (including phenoxy) is 1. The molecule has 0 saturated heterocycles. The molecule has 0 fully saturated rings. The highest BCUT2D eigenvalue weighted by atomic mass is 32.2. The van der Waals surface area contributed by atoms with Gasteiger partial charge in [0.15, 0.2) is 6.10 Å². The minimum Gasteiger partial charge on any atom is -0.476 e. The molecule has 1 aliphatic rings. The minimum absolute atomic E-state index is 0.116. The predicted octanol–water partition coefficient (Wildman–Crippen LogP) is 4.42. The van der Waals surface area contributed by atoms with E-state index < -0.39 is 16.1 Å². The Morgan fingerprint density at radius 2 is 1.71 bits per heavy atom. The van der Waals surface area contributed by atoms with Crippen molar-refractivity contribution in [3.63, 3.8) is 0 Å². The molecule has 1 unspecified atom stereocenters. The molecule has 4 aromatic rings. The third-order valence-corrected chi connectivity index (χ3v) is 7.73. The van der Waals surface area contributed by atoms with Crippen LogP contribution >= 0.6 is 0 Å². The number of hydrogen-bond donors (Lipinski definition) is 1. The Bertz CT molecular complexity index is 1460. The van der Waals surface area contributed by atoms with E-state index in [-0.39, 0.29) is 17.3 Å². The largest absolute Gasteiger partial charge is 0.476 e. The molecular formula is C27H24N2O4S. The maximum absolute atomic E-state index is 13.5. The second-order valence-electron chi connectivity index (χ2n) is 8.28. The summed E-state index contributed by atoms with van der Waals surface area (Å²) in [6.45, 7) is 2.08. The van der Waals surface area contributed by atoms with Crippen molar-refractivity contribution in [2.24, 2.45) is 0 Å². The number of carbonyl (C=O) groups is 1. The Morgan fingerprint density at radius 3 is 2.53 bits per heavy atom. The molecule has 0 spiro atoms. The zero-order valence-corrected chi connectivity index (χ0v) is 19.5. The first-order chi connectivity index (χ1) is 16.4. The molecule has 6 nitrogen and oxygen atoms in total. The van der Waals surface area contributed by atoms with Crippen molar-refractivity contribution in [2.45, 2.75) is 24.5 Å². The summed E-state index contributed by atoms with van der Waals surface area (Å²) in [6, 6.07) is 27.5. The molecule has 0 aromatic heterocycles. The van der Waals surface area contributed by atoms with Crippen molar-refractivity contribution in [1.29, 1.82) is 0 Å². The fraction of sp³-hybridized carbons (Fsp3) is 0.148. The van der Waals surface area contributed by atoms with Gasteiger partial charge >= 0.3 is 0 Å². The highest BCUT2D eigenvalue weighted by molar-refractivity contribution is 7.92. The molecule has 1 N–H and O–H groups in total. The summed E-state index contributed by atoms with van der Waals surface area (Å²) < 4.78 is 34.2. The van der Waals surface area contributed by atoms with Crippen LogP contribution in [0.2, 0.25) is 0 Å². The van der Waals surface area contributed by atoms with E-state index in [9.17, 15) is 13.2 Å². The van der Waals surface area contributed by atoms with E-state index in [0.29, 0.717) is 18.0 Å². The van der Waals surface area contributed by atoms with E-state index >= 15 is 0 Å². The summed E-state index contributed by atoms with van der Waals surface area (Å²) in [7, 11) is -3.88. The zero-order valence-electron chi connectivity index (χ0n) is 18.6. The van der Waals surface area contributed by atoms with Crippen molar-refractivity contribution in [3.8, 4) is 5.75 Å². The summed E-state index contributed by atoms with van der Waals surface area (Å²) >= 11 is 0. The van der Waals surface area contributed by atoms with Gasteiger partial charge in [0.05, 0.1) is 17.1 Å². The van der Waals surface area contributed by atoms with Gasteiger partial charge in [-0.3, -0.25) is 9.10 Å². The van der Waals surface area contributed by atoms with Crippen LogP contribution in [0.5, 0.6) is 5.75 Å².